The van der Waals surface area contributed by atoms with Crippen LogP contribution in [0.4, 0.5) is 0 Å². The predicted octanol–water partition coefficient (Wildman–Crippen LogP) is 6.58. The molecular formula is C26H39N. The third-order valence-corrected chi connectivity index (χ3v) is 9.83. The summed E-state index contributed by atoms with van der Waals surface area (Å²) in [5.41, 5.74) is 2.73. The molecule has 1 nitrogen and oxygen atoms in total. The van der Waals surface area contributed by atoms with E-state index in [0.717, 1.165) is 36.3 Å². The maximum absolute atomic E-state index is 3.95. The first kappa shape index (κ1) is 18.2. The van der Waals surface area contributed by atoms with Crippen LogP contribution < -0.4 is 5.32 Å². The maximum Gasteiger partial charge on any atom is 0.0208 e. The molecule has 0 heterocycles. The van der Waals surface area contributed by atoms with Crippen molar-refractivity contribution in [3.05, 3.63) is 35.9 Å². The van der Waals surface area contributed by atoms with Crippen molar-refractivity contribution in [1.82, 2.24) is 5.32 Å². The van der Waals surface area contributed by atoms with Gasteiger partial charge < -0.3 is 5.32 Å². The summed E-state index contributed by atoms with van der Waals surface area (Å²) in [7, 11) is 0. The standard InChI is InChI=1S/C26H39N/c1-25-15-6-9-23(25)22-13-11-20-10-12-21(17-26(20,2)24(22)14-16-25)27-18-19-7-4-3-5-8-19/h3-5,7-8,20-24,27H,6,9-18H2,1-2H3/t20?,21?,22-,23-,24+,25-,26-/m0/s1. The first-order valence-corrected chi connectivity index (χ1v) is 11.9. The normalized spacial score (nSPS) is 46.4. The lowest BCUT2D eigenvalue weighted by Gasteiger charge is -2.61. The van der Waals surface area contributed by atoms with Gasteiger partial charge >= 0.3 is 0 Å². The molecule has 4 saturated carbocycles. The highest BCUT2D eigenvalue weighted by molar-refractivity contribution is 5.15. The van der Waals surface area contributed by atoms with Gasteiger partial charge in [-0.05, 0) is 97.9 Å². The number of rotatable bonds is 3. The molecular weight excluding hydrogens is 326 g/mol. The molecule has 0 aromatic heterocycles. The Morgan fingerprint density at radius 3 is 2.56 bits per heavy atom. The Labute approximate surface area is 166 Å². The lowest BCUT2D eigenvalue weighted by atomic mass is 9.45. The number of nitrogens with one attached hydrogen (secondary N) is 1. The molecule has 0 radical (unpaired) electrons. The number of fused-ring (bicyclic) bond motifs is 5. The maximum atomic E-state index is 3.95. The van der Waals surface area contributed by atoms with E-state index >= 15 is 0 Å². The van der Waals surface area contributed by atoms with Crippen molar-refractivity contribution in [3.63, 3.8) is 0 Å². The predicted molar refractivity (Wildman–Crippen MR) is 113 cm³/mol. The Kier molecular flexibility index (Phi) is 4.66. The smallest absolute Gasteiger partial charge is 0.0208 e. The molecule has 0 amide bonds. The van der Waals surface area contributed by atoms with Gasteiger partial charge in [0.25, 0.3) is 0 Å². The molecule has 1 heteroatoms. The Morgan fingerprint density at radius 2 is 1.70 bits per heavy atom. The number of benzene rings is 1. The van der Waals surface area contributed by atoms with E-state index in [-0.39, 0.29) is 0 Å². The topological polar surface area (TPSA) is 12.0 Å². The Morgan fingerprint density at radius 1 is 0.889 bits per heavy atom. The highest BCUT2D eigenvalue weighted by Crippen LogP contribution is 2.66. The average molecular weight is 366 g/mol. The molecule has 4 fully saturated rings. The van der Waals surface area contributed by atoms with Crippen LogP contribution in [0.3, 0.4) is 0 Å². The summed E-state index contributed by atoms with van der Waals surface area (Å²) in [5.74, 6) is 4.10. The SMILES string of the molecule is C[C@@]12CCC[C@H]1[C@@H]1CCC3CCC(NCc4ccccc4)C[C@]3(C)[C@@H]1CC2. The molecule has 27 heavy (non-hydrogen) atoms. The van der Waals surface area contributed by atoms with Gasteiger partial charge in [0.05, 0.1) is 0 Å². The minimum atomic E-state index is 0.597. The Balaban J connectivity index is 1.30. The van der Waals surface area contributed by atoms with E-state index in [1.807, 2.05) is 0 Å². The Bertz CT molecular complexity index is 653. The van der Waals surface area contributed by atoms with E-state index < -0.39 is 0 Å². The van der Waals surface area contributed by atoms with Gasteiger partial charge in [-0.15, -0.1) is 0 Å². The summed E-state index contributed by atoms with van der Waals surface area (Å²) in [6, 6.07) is 11.7. The van der Waals surface area contributed by atoms with Crippen LogP contribution in [-0.2, 0) is 6.54 Å². The van der Waals surface area contributed by atoms with Gasteiger partial charge in [-0.2, -0.15) is 0 Å². The second-order valence-corrected chi connectivity index (χ2v) is 11.1. The molecule has 0 saturated heterocycles. The second kappa shape index (κ2) is 6.90. The minimum absolute atomic E-state index is 0.597. The van der Waals surface area contributed by atoms with Gasteiger partial charge in [0.15, 0.2) is 0 Å². The quantitative estimate of drug-likeness (QED) is 0.638. The third-order valence-electron chi connectivity index (χ3n) is 9.83. The first-order chi connectivity index (χ1) is 13.1. The molecule has 4 aliphatic rings. The van der Waals surface area contributed by atoms with E-state index in [1.54, 1.807) is 6.42 Å². The van der Waals surface area contributed by atoms with E-state index in [4.69, 9.17) is 0 Å². The highest BCUT2D eigenvalue weighted by Gasteiger charge is 2.57. The van der Waals surface area contributed by atoms with Crippen LogP contribution in [0, 0.1) is 34.5 Å². The van der Waals surface area contributed by atoms with E-state index in [9.17, 15) is 0 Å². The monoisotopic (exact) mass is 365 g/mol. The van der Waals surface area contributed by atoms with Gasteiger partial charge in [-0.3, -0.25) is 0 Å². The third kappa shape index (κ3) is 3.09. The van der Waals surface area contributed by atoms with Crippen LogP contribution in [0.2, 0.25) is 0 Å². The van der Waals surface area contributed by atoms with Crippen molar-refractivity contribution in [2.75, 3.05) is 0 Å². The molecule has 1 aromatic carbocycles. The molecule has 2 unspecified atom stereocenters. The van der Waals surface area contributed by atoms with Crippen molar-refractivity contribution in [2.24, 2.45) is 34.5 Å². The molecule has 7 atom stereocenters. The fourth-order valence-corrected chi connectivity index (χ4v) is 8.39. The summed E-state index contributed by atoms with van der Waals surface area (Å²) >= 11 is 0. The van der Waals surface area contributed by atoms with E-state index in [2.05, 4.69) is 49.5 Å². The van der Waals surface area contributed by atoms with Gasteiger partial charge in [0.1, 0.15) is 0 Å². The second-order valence-electron chi connectivity index (χ2n) is 11.1. The van der Waals surface area contributed by atoms with E-state index in [1.165, 1.54) is 63.4 Å². The van der Waals surface area contributed by atoms with Crippen LogP contribution in [-0.4, -0.2) is 6.04 Å². The summed E-state index contributed by atoms with van der Waals surface area (Å²) in [5, 5.41) is 3.95. The number of hydrogen-bond acceptors (Lipinski definition) is 1. The molecule has 0 spiro atoms. The molecule has 0 aliphatic heterocycles. The summed E-state index contributed by atoms with van der Waals surface area (Å²) in [6.07, 6.45) is 15.0. The van der Waals surface area contributed by atoms with Crippen LogP contribution in [0.1, 0.15) is 83.6 Å². The van der Waals surface area contributed by atoms with Crippen molar-refractivity contribution in [2.45, 2.75) is 90.6 Å². The van der Waals surface area contributed by atoms with Gasteiger partial charge in [-0.25, -0.2) is 0 Å². The van der Waals surface area contributed by atoms with Crippen LogP contribution in [0.5, 0.6) is 0 Å². The zero-order valence-electron chi connectivity index (χ0n) is 17.6. The Hall–Kier alpha value is -0.820. The zero-order chi connectivity index (χ0) is 18.5. The van der Waals surface area contributed by atoms with Gasteiger partial charge in [-0.1, -0.05) is 50.6 Å². The largest absolute Gasteiger partial charge is 0.310 e. The van der Waals surface area contributed by atoms with Crippen molar-refractivity contribution < 1.29 is 0 Å². The molecule has 4 aliphatic carbocycles. The lowest BCUT2D eigenvalue weighted by Crippen LogP contribution is -2.55. The van der Waals surface area contributed by atoms with E-state index in [0.29, 0.717) is 10.8 Å². The summed E-state index contributed by atoms with van der Waals surface area (Å²) in [4.78, 5) is 0. The zero-order valence-corrected chi connectivity index (χ0v) is 17.6. The van der Waals surface area contributed by atoms with Crippen LogP contribution in [0.15, 0.2) is 30.3 Å². The van der Waals surface area contributed by atoms with Crippen molar-refractivity contribution >= 4 is 0 Å². The first-order valence-electron chi connectivity index (χ1n) is 11.9. The van der Waals surface area contributed by atoms with Crippen LogP contribution >= 0.6 is 0 Å². The molecule has 148 valence electrons. The fourth-order valence-electron chi connectivity index (χ4n) is 8.39. The van der Waals surface area contributed by atoms with Crippen LogP contribution in [0.25, 0.3) is 0 Å². The molecule has 0 bridgehead atoms. The van der Waals surface area contributed by atoms with Gasteiger partial charge in [0, 0.05) is 12.6 Å². The minimum Gasteiger partial charge on any atom is -0.310 e. The highest BCUT2D eigenvalue weighted by atomic mass is 14.9. The fraction of sp³-hybridized carbons (Fsp3) is 0.769. The van der Waals surface area contributed by atoms with Crippen molar-refractivity contribution in [3.8, 4) is 0 Å². The van der Waals surface area contributed by atoms with Gasteiger partial charge in [0.2, 0.25) is 0 Å². The number of hydrogen-bond donors (Lipinski definition) is 1. The molecule has 1 N–H and O–H groups in total. The molecule has 5 rings (SSSR count). The summed E-state index contributed by atoms with van der Waals surface area (Å²) < 4.78 is 0. The lowest BCUT2D eigenvalue weighted by molar-refractivity contribution is -0.108. The summed E-state index contributed by atoms with van der Waals surface area (Å²) in [6.45, 7) is 6.39. The molecule has 1 aromatic rings. The average Bonchev–Trinajstić information content (AvgIpc) is 3.08. The van der Waals surface area contributed by atoms with Crippen molar-refractivity contribution in [1.29, 1.82) is 0 Å².